The van der Waals surface area contributed by atoms with Crippen LogP contribution in [0.3, 0.4) is 0 Å². The molecule has 0 aliphatic heterocycles. The molecule has 0 unspecified atom stereocenters. The molecule has 0 saturated carbocycles. The Morgan fingerprint density at radius 3 is 2.43 bits per heavy atom. The topological polar surface area (TPSA) is 86.8 Å². The van der Waals surface area contributed by atoms with Crippen molar-refractivity contribution >= 4 is 39.1 Å². The van der Waals surface area contributed by atoms with Crippen molar-refractivity contribution < 1.29 is 18.0 Å². The number of rotatable bonds is 13. The van der Waals surface area contributed by atoms with Crippen LogP contribution in [0, 0.1) is 6.92 Å². The van der Waals surface area contributed by atoms with Crippen LogP contribution in [0.15, 0.2) is 48.5 Å². The molecular formula is C26H36ClN3O4S. The number of carbonyl (C=O) groups is 2. The third-order valence-corrected chi connectivity index (χ3v) is 7.11. The minimum Gasteiger partial charge on any atom is -0.354 e. The maximum absolute atomic E-state index is 13.3. The minimum absolute atomic E-state index is 0.102. The summed E-state index contributed by atoms with van der Waals surface area (Å²) in [5.74, 6) is -0.402. The van der Waals surface area contributed by atoms with Crippen LogP contribution in [0.25, 0.3) is 0 Å². The van der Waals surface area contributed by atoms with Crippen molar-refractivity contribution in [3.63, 3.8) is 0 Å². The largest absolute Gasteiger partial charge is 0.354 e. The Hall–Kier alpha value is -2.58. The second-order valence-corrected chi connectivity index (χ2v) is 11.1. The number of nitrogens with zero attached hydrogens (tertiary/aromatic N) is 2. The van der Waals surface area contributed by atoms with Gasteiger partial charge in [0.15, 0.2) is 0 Å². The van der Waals surface area contributed by atoms with Crippen molar-refractivity contribution in [2.75, 3.05) is 23.7 Å². The zero-order valence-electron chi connectivity index (χ0n) is 21.0. The summed E-state index contributed by atoms with van der Waals surface area (Å²) in [4.78, 5) is 27.6. The zero-order chi connectivity index (χ0) is 26.0. The lowest BCUT2D eigenvalue weighted by Gasteiger charge is -2.29. The minimum atomic E-state index is -3.56. The lowest BCUT2D eigenvalue weighted by molar-refractivity contribution is -0.140. The molecule has 0 bridgehead atoms. The third kappa shape index (κ3) is 9.18. The van der Waals surface area contributed by atoms with E-state index in [0.717, 1.165) is 30.2 Å². The van der Waals surface area contributed by atoms with E-state index in [1.54, 1.807) is 36.1 Å². The van der Waals surface area contributed by atoms with Gasteiger partial charge in [0.05, 0.1) is 11.9 Å². The van der Waals surface area contributed by atoms with Gasteiger partial charge in [0.1, 0.15) is 6.04 Å². The van der Waals surface area contributed by atoms with Gasteiger partial charge in [-0.15, -0.1) is 0 Å². The number of hydrogen-bond donors (Lipinski definition) is 1. The van der Waals surface area contributed by atoms with Crippen LogP contribution >= 0.6 is 11.6 Å². The molecule has 0 spiro atoms. The lowest BCUT2D eigenvalue weighted by Crippen LogP contribution is -2.48. The van der Waals surface area contributed by atoms with Gasteiger partial charge < -0.3 is 10.2 Å². The number of halogens is 1. The molecular weight excluding hydrogens is 486 g/mol. The number of nitrogens with one attached hydrogen (secondary N) is 1. The highest BCUT2D eigenvalue weighted by molar-refractivity contribution is 7.92. The maximum atomic E-state index is 13.3. The molecule has 2 aromatic carbocycles. The molecule has 0 fully saturated rings. The van der Waals surface area contributed by atoms with Crippen molar-refractivity contribution in [2.24, 2.45) is 0 Å². The summed E-state index contributed by atoms with van der Waals surface area (Å²) in [5.41, 5.74) is 2.45. The van der Waals surface area contributed by atoms with E-state index in [-0.39, 0.29) is 24.8 Å². The first-order valence-electron chi connectivity index (χ1n) is 11.9. The average molecular weight is 522 g/mol. The summed E-state index contributed by atoms with van der Waals surface area (Å²) in [6.07, 6.45) is 3.36. The van der Waals surface area contributed by atoms with Crippen molar-refractivity contribution in [1.82, 2.24) is 10.2 Å². The number of carbonyl (C=O) groups excluding carboxylic acids is 2. The van der Waals surface area contributed by atoms with Gasteiger partial charge in [0.25, 0.3) is 0 Å². The highest BCUT2D eigenvalue weighted by Gasteiger charge is 2.26. The predicted octanol–water partition coefficient (Wildman–Crippen LogP) is 4.53. The molecule has 192 valence electrons. The number of unbranched alkanes of at least 4 members (excludes halogenated alkanes) is 1. The molecule has 0 heterocycles. The smallest absolute Gasteiger partial charge is 0.242 e. The van der Waals surface area contributed by atoms with Crippen LogP contribution in [0.1, 0.15) is 50.7 Å². The van der Waals surface area contributed by atoms with E-state index < -0.39 is 16.1 Å². The number of amides is 2. The van der Waals surface area contributed by atoms with Crippen molar-refractivity contribution in [2.45, 2.75) is 59.0 Å². The Bertz CT molecular complexity index is 1110. The van der Waals surface area contributed by atoms with Crippen molar-refractivity contribution in [1.29, 1.82) is 0 Å². The summed E-state index contributed by atoms with van der Waals surface area (Å²) >= 11 is 6.04. The number of sulfonamides is 1. The molecule has 2 rings (SSSR count). The summed E-state index contributed by atoms with van der Waals surface area (Å²) < 4.78 is 26.0. The zero-order valence-corrected chi connectivity index (χ0v) is 22.5. The molecule has 1 atom stereocenters. The molecule has 0 aliphatic rings. The number of hydrogen-bond acceptors (Lipinski definition) is 4. The van der Waals surface area contributed by atoms with Gasteiger partial charge in [-0.2, -0.15) is 0 Å². The van der Waals surface area contributed by atoms with Gasteiger partial charge in [0.2, 0.25) is 21.8 Å². The van der Waals surface area contributed by atoms with Crippen LogP contribution in [0.2, 0.25) is 5.02 Å². The summed E-state index contributed by atoms with van der Waals surface area (Å²) in [7, 11) is -3.56. The van der Waals surface area contributed by atoms with Crippen LogP contribution in [0.4, 0.5) is 5.69 Å². The van der Waals surface area contributed by atoms with Crippen LogP contribution in [0.5, 0.6) is 0 Å². The van der Waals surface area contributed by atoms with Crippen molar-refractivity contribution in [3.8, 4) is 0 Å². The Morgan fingerprint density at radius 1 is 1.09 bits per heavy atom. The second kappa shape index (κ2) is 13.5. The SMILES string of the molecule is CCCCNC(=O)[C@@H](C)N(Cc1cccc(C)c1)C(=O)CCCN(c1cccc(Cl)c1)S(C)(=O)=O. The molecule has 2 amide bonds. The molecule has 0 saturated heterocycles. The standard InChI is InChI=1S/C26H36ClN3O4S/c1-5-6-15-28-26(32)21(3)29(19-22-11-7-10-20(2)17-22)25(31)14-9-16-30(35(4,33)34)24-13-8-12-23(27)18-24/h7-8,10-13,17-18,21H,5-6,9,14-16,19H2,1-4H3,(H,28,32)/t21-/m1/s1. The summed E-state index contributed by atoms with van der Waals surface area (Å²) in [6, 6.07) is 13.8. The van der Waals surface area contributed by atoms with E-state index in [4.69, 9.17) is 11.6 Å². The molecule has 0 radical (unpaired) electrons. The molecule has 7 nitrogen and oxygen atoms in total. The first-order chi connectivity index (χ1) is 16.5. The fourth-order valence-corrected chi connectivity index (χ4v) is 4.90. The quantitative estimate of drug-likeness (QED) is 0.392. The molecule has 0 aliphatic carbocycles. The third-order valence-electron chi connectivity index (χ3n) is 5.68. The number of benzene rings is 2. The second-order valence-electron chi connectivity index (χ2n) is 8.75. The first-order valence-corrected chi connectivity index (χ1v) is 14.1. The Kier molecular flexibility index (Phi) is 11.0. The predicted molar refractivity (Wildman–Crippen MR) is 142 cm³/mol. The van der Waals surface area contributed by atoms with Gasteiger partial charge in [-0.1, -0.05) is 60.8 Å². The fraction of sp³-hybridized carbons (Fsp3) is 0.462. The summed E-state index contributed by atoms with van der Waals surface area (Å²) in [6.45, 7) is 6.74. The van der Waals surface area contributed by atoms with Gasteiger partial charge >= 0.3 is 0 Å². The number of anilines is 1. The van der Waals surface area contributed by atoms with Crippen molar-refractivity contribution in [3.05, 3.63) is 64.7 Å². The van der Waals surface area contributed by atoms with Gasteiger partial charge in [-0.25, -0.2) is 8.42 Å². The number of aryl methyl sites for hydroxylation is 1. The molecule has 35 heavy (non-hydrogen) atoms. The van der Waals surface area contributed by atoms with Gasteiger partial charge in [-0.3, -0.25) is 13.9 Å². The Morgan fingerprint density at radius 2 is 1.80 bits per heavy atom. The lowest BCUT2D eigenvalue weighted by atomic mass is 10.1. The van der Waals surface area contributed by atoms with E-state index in [9.17, 15) is 18.0 Å². The van der Waals surface area contributed by atoms with Crippen LogP contribution < -0.4 is 9.62 Å². The Balaban J connectivity index is 2.14. The average Bonchev–Trinajstić information content (AvgIpc) is 2.79. The van der Waals surface area contributed by atoms with Crippen LogP contribution in [-0.2, 0) is 26.2 Å². The van der Waals surface area contributed by atoms with E-state index in [1.165, 1.54) is 4.31 Å². The molecule has 9 heteroatoms. The molecule has 1 N–H and O–H groups in total. The molecule has 2 aromatic rings. The monoisotopic (exact) mass is 521 g/mol. The first kappa shape index (κ1) is 28.7. The highest BCUT2D eigenvalue weighted by Crippen LogP contribution is 2.22. The Labute approximate surface area is 214 Å². The van der Waals surface area contributed by atoms with E-state index in [1.807, 2.05) is 38.1 Å². The van der Waals surface area contributed by atoms with Gasteiger partial charge in [0, 0.05) is 31.1 Å². The van der Waals surface area contributed by atoms with E-state index in [0.29, 0.717) is 30.2 Å². The maximum Gasteiger partial charge on any atom is 0.242 e. The molecule has 0 aromatic heterocycles. The van der Waals surface area contributed by atoms with E-state index in [2.05, 4.69) is 5.32 Å². The summed E-state index contributed by atoms with van der Waals surface area (Å²) in [5, 5.41) is 3.33. The van der Waals surface area contributed by atoms with Crippen LogP contribution in [-0.4, -0.2) is 50.5 Å². The normalized spacial score (nSPS) is 12.1. The fourth-order valence-electron chi connectivity index (χ4n) is 3.76. The highest BCUT2D eigenvalue weighted by atomic mass is 35.5. The van der Waals surface area contributed by atoms with E-state index >= 15 is 0 Å². The van der Waals surface area contributed by atoms with Gasteiger partial charge in [-0.05, 0) is 50.5 Å².